The predicted octanol–water partition coefficient (Wildman–Crippen LogP) is 3.84. The molecule has 0 saturated carbocycles. The molecule has 1 saturated heterocycles. The SMILES string of the molecule is Cc1cc(C)c2cc(C(=O)NCc3ccc(N4CCCC4=O)cc3)[nH]c2c1. The molecular weight excluding hydrogens is 338 g/mol. The van der Waals surface area contributed by atoms with Crippen LogP contribution in [0.3, 0.4) is 0 Å². The van der Waals surface area contributed by atoms with E-state index in [1.165, 1.54) is 5.56 Å². The van der Waals surface area contributed by atoms with Gasteiger partial charge < -0.3 is 15.2 Å². The number of nitrogens with one attached hydrogen (secondary N) is 2. The summed E-state index contributed by atoms with van der Waals surface area (Å²) in [6.07, 6.45) is 1.54. The molecule has 1 aliphatic heterocycles. The van der Waals surface area contributed by atoms with Crippen LogP contribution in [0.1, 0.15) is 40.0 Å². The molecule has 1 aliphatic rings. The third kappa shape index (κ3) is 3.45. The number of anilines is 1. The number of carbonyl (C=O) groups is 2. The second kappa shape index (κ2) is 6.91. The minimum Gasteiger partial charge on any atom is -0.351 e. The van der Waals surface area contributed by atoms with Gasteiger partial charge in [-0.3, -0.25) is 9.59 Å². The predicted molar refractivity (Wildman–Crippen MR) is 107 cm³/mol. The zero-order valence-electron chi connectivity index (χ0n) is 15.6. The highest BCUT2D eigenvalue weighted by Gasteiger charge is 2.21. The first-order valence-corrected chi connectivity index (χ1v) is 9.29. The van der Waals surface area contributed by atoms with E-state index in [0.717, 1.165) is 40.7 Å². The van der Waals surface area contributed by atoms with Gasteiger partial charge in [0.2, 0.25) is 5.91 Å². The Hall–Kier alpha value is -3.08. The maximum absolute atomic E-state index is 12.5. The average Bonchev–Trinajstić information content (AvgIpc) is 3.26. The summed E-state index contributed by atoms with van der Waals surface area (Å²) in [5.41, 5.74) is 5.81. The average molecular weight is 361 g/mol. The minimum atomic E-state index is -0.123. The highest BCUT2D eigenvalue weighted by molar-refractivity contribution is 5.99. The van der Waals surface area contributed by atoms with E-state index in [9.17, 15) is 9.59 Å². The van der Waals surface area contributed by atoms with Gasteiger partial charge in [0, 0.05) is 36.1 Å². The van der Waals surface area contributed by atoms with Crippen molar-refractivity contribution in [3.63, 3.8) is 0 Å². The van der Waals surface area contributed by atoms with Crippen LogP contribution in [0.2, 0.25) is 0 Å². The molecule has 2 heterocycles. The standard InChI is InChI=1S/C22H23N3O2/c1-14-10-15(2)18-12-20(24-19(18)11-14)22(27)23-13-16-5-7-17(8-6-16)25-9-3-4-21(25)26/h5-8,10-12,24H,3-4,9,13H2,1-2H3,(H,23,27). The zero-order valence-corrected chi connectivity index (χ0v) is 15.6. The van der Waals surface area contributed by atoms with Crippen LogP contribution in [-0.4, -0.2) is 23.3 Å². The number of fused-ring (bicyclic) bond motifs is 1. The minimum absolute atomic E-state index is 0.123. The van der Waals surface area contributed by atoms with Crippen molar-refractivity contribution < 1.29 is 9.59 Å². The normalized spacial score (nSPS) is 14.1. The van der Waals surface area contributed by atoms with Crippen LogP contribution < -0.4 is 10.2 Å². The molecule has 5 nitrogen and oxygen atoms in total. The first-order valence-electron chi connectivity index (χ1n) is 9.29. The molecule has 3 aromatic rings. The smallest absolute Gasteiger partial charge is 0.267 e. The van der Waals surface area contributed by atoms with Gasteiger partial charge in [0.15, 0.2) is 0 Å². The Labute approximate surface area is 158 Å². The van der Waals surface area contributed by atoms with Crippen molar-refractivity contribution in [3.8, 4) is 0 Å². The molecule has 2 amide bonds. The van der Waals surface area contributed by atoms with Crippen LogP contribution in [0.15, 0.2) is 42.5 Å². The molecule has 27 heavy (non-hydrogen) atoms. The molecule has 138 valence electrons. The van der Waals surface area contributed by atoms with Crippen molar-refractivity contribution in [1.29, 1.82) is 0 Å². The Morgan fingerprint density at radius 2 is 1.93 bits per heavy atom. The van der Waals surface area contributed by atoms with Gasteiger partial charge in [-0.1, -0.05) is 18.2 Å². The van der Waals surface area contributed by atoms with Crippen molar-refractivity contribution in [2.75, 3.05) is 11.4 Å². The Balaban J connectivity index is 1.43. The topological polar surface area (TPSA) is 65.2 Å². The van der Waals surface area contributed by atoms with Crippen LogP contribution in [-0.2, 0) is 11.3 Å². The number of hydrogen-bond acceptors (Lipinski definition) is 2. The molecule has 0 atom stereocenters. The third-order valence-corrected chi connectivity index (χ3v) is 5.11. The van der Waals surface area contributed by atoms with Crippen LogP contribution >= 0.6 is 0 Å². The fourth-order valence-corrected chi connectivity index (χ4v) is 3.71. The van der Waals surface area contributed by atoms with Crippen molar-refractivity contribution in [2.45, 2.75) is 33.2 Å². The molecule has 0 bridgehead atoms. The summed E-state index contributed by atoms with van der Waals surface area (Å²) in [6, 6.07) is 13.9. The first kappa shape index (κ1) is 17.3. The van der Waals surface area contributed by atoms with Crippen LogP contribution in [0, 0.1) is 13.8 Å². The van der Waals surface area contributed by atoms with Gasteiger partial charge in [-0.25, -0.2) is 0 Å². The first-order chi connectivity index (χ1) is 13.0. The molecule has 1 aromatic heterocycles. The van der Waals surface area contributed by atoms with Gasteiger partial charge in [0.25, 0.3) is 5.91 Å². The number of rotatable bonds is 4. The summed E-state index contributed by atoms with van der Waals surface area (Å²) >= 11 is 0. The second-order valence-corrected chi connectivity index (χ2v) is 7.22. The lowest BCUT2D eigenvalue weighted by molar-refractivity contribution is -0.117. The van der Waals surface area contributed by atoms with Gasteiger partial charge in [-0.05, 0) is 61.2 Å². The molecule has 0 spiro atoms. The molecule has 1 fully saturated rings. The number of nitrogens with zero attached hydrogens (tertiary/aromatic N) is 1. The Kier molecular flexibility index (Phi) is 4.44. The van der Waals surface area contributed by atoms with E-state index in [2.05, 4.69) is 29.4 Å². The Bertz CT molecular complexity index is 1020. The molecule has 5 heteroatoms. The van der Waals surface area contributed by atoms with Crippen molar-refractivity contribution >= 4 is 28.4 Å². The molecule has 0 unspecified atom stereocenters. The monoisotopic (exact) mass is 361 g/mol. The van der Waals surface area contributed by atoms with Crippen LogP contribution in [0.4, 0.5) is 5.69 Å². The Morgan fingerprint density at radius 1 is 1.15 bits per heavy atom. The highest BCUT2D eigenvalue weighted by Crippen LogP contribution is 2.23. The van der Waals surface area contributed by atoms with Crippen molar-refractivity contribution in [3.05, 3.63) is 64.8 Å². The number of aryl methyl sites for hydroxylation is 2. The maximum Gasteiger partial charge on any atom is 0.267 e. The van der Waals surface area contributed by atoms with Gasteiger partial charge in [-0.2, -0.15) is 0 Å². The summed E-state index contributed by atoms with van der Waals surface area (Å²) in [5, 5.41) is 4.03. The number of aromatic nitrogens is 1. The molecule has 4 rings (SSSR count). The summed E-state index contributed by atoms with van der Waals surface area (Å²) in [4.78, 5) is 29.3. The zero-order chi connectivity index (χ0) is 19.0. The van der Waals surface area contributed by atoms with Gasteiger partial charge in [0.05, 0.1) is 0 Å². The van der Waals surface area contributed by atoms with E-state index in [1.54, 1.807) is 0 Å². The molecule has 0 radical (unpaired) electrons. The van der Waals surface area contributed by atoms with Crippen molar-refractivity contribution in [2.24, 2.45) is 0 Å². The summed E-state index contributed by atoms with van der Waals surface area (Å²) in [7, 11) is 0. The quantitative estimate of drug-likeness (QED) is 0.741. The molecule has 2 aromatic carbocycles. The number of amides is 2. The van der Waals surface area contributed by atoms with E-state index in [1.807, 2.05) is 42.2 Å². The molecule has 2 N–H and O–H groups in total. The van der Waals surface area contributed by atoms with Gasteiger partial charge >= 0.3 is 0 Å². The van der Waals surface area contributed by atoms with E-state index in [4.69, 9.17) is 0 Å². The number of hydrogen-bond donors (Lipinski definition) is 2. The molecule has 0 aliphatic carbocycles. The van der Waals surface area contributed by atoms with Gasteiger partial charge in [0.1, 0.15) is 5.69 Å². The van der Waals surface area contributed by atoms with Crippen molar-refractivity contribution in [1.82, 2.24) is 10.3 Å². The van der Waals surface area contributed by atoms with E-state index >= 15 is 0 Å². The van der Waals surface area contributed by atoms with E-state index < -0.39 is 0 Å². The fraction of sp³-hybridized carbons (Fsp3) is 0.273. The van der Waals surface area contributed by atoms with E-state index in [0.29, 0.717) is 18.7 Å². The maximum atomic E-state index is 12.5. The number of H-pyrrole nitrogens is 1. The summed E-state index contributed by atoms with van der Waals surface area (Å²) in [6.45, 7) is 5.33. The lowest BCUT2D eigenvalue weighted by Crippen LogP contribution is -2.24. The summed E-state index contributed by atoms with van der Waals surface area (Å²) in [5.74, 6) is 0.0578. The van der Waals surface area contributed by atoms with Crippen LogP contribution in [0.5, 0.6) is 0 Å². The van der Waals surface area contributed by atoms with Gasteiger partial charge in [-0.15, -0.1) is 0 Å². The fourth-order valence-electron chi connectivity index (χ4n) is 3.71. The largest absolute Gasteiger partial charge is 0.351 e. The number of benzene rings is 2. The number of carbonyl (C=O) groups excluding carboxylic acids is 2. The summed E-state index contributed by atoms with van der Waals surface area (Å²) < 4.78 is 0. The third-order valence-electron chi connectivity index (χ3n) is 5.11. The molecular formula is C22H23N3O2. The lowest BCUT2D eigenvalue weighted by atomic mass is 10.1. The second-order valence-electron chi connectivity index (χ2n) is 7.22. The van der Waals surface area contributed by atoms with E-state index in [-0.39, 0.29) is 11.8 Å². The van der Waals surface area contributed by atoms with Crippen LogP contribution in [0.25, 0.3) is 10.9 Å². The lowest BCUT2D eigenvalue weighted by Gasteiger charge is -2.16. The highest BCUT2D eigenvalue weighted by atomic mass is 16.2. The Morgan fingerprint density at radius 3 is 2.63 bits per heavy atom. The number of aromatic amines is 1.